The van der Waals surface area contributed by atoms with E-state index in [1.54, 1.807) is 48.5 Å². The summed E-state index contributed by atoms with van der Waals surface area (Å²) in [6.45, 7) is 0. The Morgan fingerprint density at radius 3 is 1.13 bits per heavy atom. The minimum absolute atomic E-state index is 0.137. The molecule has 5 rings (SSSR count). The number of pyridine rings is 2. The number of rotatable bonds is 4. The Morgan fingerprint density at radius 2 is 0.763 bits per heavy atom. The highest BCUT2D eigenvalue weighted by molar-refractivity contribution is 5.76. The second-order valence-electron chi connectivity index (χ2n) is 8.53. The summed E-state index contributed by atoms with van der Waals surface area (Å²) in [5.41, 5.74) is 2.07. The van der Waals surface area contributed by atoms with Gasteiger partial charge in [-0.1, -0.05) is 66.7 Å². The third-order valence-corrected chi connectivity index (χ3v) is 6.07. The summed E-state index contributed by atoms with van der Waals surface area (Å²) in [4.78, 5) is 7.86. The molecule has 2 nitrogen and oxygen atoms in total. The molecular weight excluding hydrogens is 502 g/mol. The Morgan fingerprint density at radius 1 is 0.395 bits per heavy atom. The van der Waals surface area contributed by atoms with E-state index >= 15 is 0 Å². The van der Waals surface area contributed by atoms with Crippen LogP contribution in [0.3, 0.4) is 0 Å². The summed E-state index contributed by atoms with van der Waals surface area (Å²) in [5, 5.41) is 0. The number of aromatic nitrogens is 2. The standard InChI is InChI=1S/C30H18F6N2/c31-29(32,33)25-6-2-16-37-27(25)21-12-8-19(9-13-21)23-4-1-5-24(18-23)20-10-14-22(15-11-20)28-26(30(34,35)36)7-3-17-38-28/h1-18H. The fourth-order valence-corrected chi connectivity index (χ4v) is 4.25. The van der Waals surface area contributed by atoms with Crippen molar-refractivity contribution < 1.29 is 26.3 Å². The van der Waals surface area contributed by atoms with Gasteiger partial charge in [0.2, 0.25) is 0 Å². The van der Waals surface area contributed by atoms with E-state index in [9.17, 15) is 26.3 Å². The molecule has 0 radical (unpaired) electrons. The summed E-state index contributed by atoms with van der Waals surface area (Å²) in [6, 6.07) is 25.3. The lowest BCUT2D eigenvalue weighted by Gasteiger charge is -2.13. The monoisotopic (exact) mass is 520 g/mol. The van der Waals surface area contributed by atoms with Crippen LogP contribution in [0, 0.1) is 0 Å². The molecule has 0 aliphatic rings. The van der Waals surface area contributed by atoms with Crippen molar-refractivity contribution >= 4 is 0 Å². The summed E-state index contributed by atoms with van der Waals surface area (Å²) in [7, 11) is 0. The molecule has 0 aliphatic carbocycles. The lowest BCUT2D eigenvalue weighted by molar-refractivity contribution is -0.138. The molecule has 0 bridgehead atoms. The highest BCUT2D eigenvalue weighted by atomic mass is 19.4. The van der Waals surface area contributed by atoms with E-state index in [0.29, 0.717) is 11.1 Å². The van der Waals surface area contributed by atoms with Crippen molar-refractivity contribution in [2.45, 2.75) is 12.4 Å². The highest BCUT2D eigenvalue weighted by Crippen LogP contribution is 2.38. The SMILES string of the molecule is FC(F)(F)c1cccnc1-c1ccc(-c2cccc(-c3ccc(-c4ncccc4C(F)(F)F)cc3)c2)cc1. The predicted molar refractivity (Wildman–Crippen MR) is 134 cm³/mol. The molecule has 0 atom stereocenters. The Hall–Kier alpha value is -4.46. The van der Waals surface area contributed by atoms with Crippen LogP contribution in [0.25, 0.3) is 44.8 Å². The average molecular weight is 520 g/mol. The molecular formula is C30H18F6N2. The highest BCUT2D eigenvalue weighted by Gasteiger charge is 2.35. The van der Waals surface area contributed by atoms with Crippen LogP contribution in [-0.4, -0.2) is 9.97 Å². The zero-order valence-electron chi connectivity index (χ0n) is 19.6. The maximum atomic E-state index is 13.4. The van der Waals surface area contributed by atoms with Crippen LogP contribution >= 0.6 is 0 Å². The number of halogens is 6. The van der Waals surface area contributed by atoms with E-state index in [2.05, 4.69) is 9.97 Å². The van der Waals surface area contributed by atoms with E-state index in [0.717, 1.165) is 34.4 Å². The summed E-state index contributed by atoms with van der Waals surface area (Å²) in [5.74, 6) is 0. The van der Waals surface area contributed by atoms with Crippen LogP contribution in [0.15, 0.2) is 109 Å². The van der Waals surface area contributed by atoms with Crippen LogP contribution in [0.1, 0.15) is 11.1 Å². The molecule has 0 unspecified atom stereocenters. The predicted octanol–water partition coefficient (Wildman–Crippen LogP) is 9.18. The van der Waals surface area contributed by atoms with Crippen molar-refractivity contribution in [2.24, 2.45) is 0 Å². The van der Waals surface area contributed by atoms with Gasteiger partial charge in [-0.15, -0.1) is 0 Å². The number of alkyl halides is 6. The van der Waals surface area contributed by atoms with Crippen LogP contribution in [0.2, 0.25) is 0 Å². The van der Waals surface area contributed by atoms with Gasteiger partial charge in [-0.2, -0.15) is 26.3 Å². The number of nitrogens with zero attached hydrogens (tertiary/aromatic N) is 2. The smallest absolute Gasteiger partial charge is 0.256 e. The van der Waals surface area contributed by atoms with Crippen LogP contribution in [0.4, 0.5) is 26.3 Å². The Labute approximate surface area is 214 Å². The molecule has 0 fully saturated rings. The molecule has 8 heteroatoms. The van der Waals surface area contributed by atoms with Gasteiger partial charge < -0.3 is 0 Å². The van der Waals surface area contributed by atoms with Gasteiger partial charge in [0.15, 0.2) is 0 Å². The van der Waals surface area contributed by atoms with Crippen molar-refractivity contribution in [3.63, 3.8) is 0 Å². The van der Waals surface area contributed by atoms with Gasteiger partial charge in [0, 0.05) is 23.5 Å². The molecule has 3 aromatic carbocycles. The van der Waals surface area contributed by atoms with Gasteiger partial charge in [0.1, 0.15) is 0 Å². The molecule has 190 valence electrons. The minimum Gasteiger partial charge on any atom is -0.256 e. The number of benzene rings is 3. The second-order valence-corrected chi connectivity index (χ2v) is 8.53. The van der Waals surface area contributed by atoms with Crippen LogP contribution < -0.4 is 0 Å². The van der Waals surface area contributed by atoms with Gasteiger partial charge in [0.05, 0.1) is 22.5 Å². The maximum absolute atomic E-state index is 13.4. The van der Waals surface area contributed by atoms with Gasteiger partial charge in [-0.25, -0.2) is 0 Å². The average Bonchev–Trinajstić information content (AvgIpc) is 2.92. The van der Waals surface area contributed by atoms with E-state index in [-0.39, 0.29) is 11.4 Å². The molecule has 2 heterocycles. The Bertz CT molecular complexity index is 1450. The third kappa shape index (κ3) is 5.16. The second kappa shape index (κ2) is 9.78. The van der Waals surface area contributed by atoms with Crippen molar-refractivity contribution in [3.8, 4) is 44.8 Å². The first kappa shape index (κ1) is 25.2. The Kier molecular flexibility index (Phi) is 6.48. The van der Waals surface area contributed by atoms with E-state index in [4.69, 9.17) is 0 Å². The summed E-state index contributed by atoms with van der Waals surface area (Å²) in [6.07, 6.45) is -6.38. The fraction of sp³-hybridized carbons (Fsp3) is 0.0667. The first-order valence-electron chi connectivity index (χ1n) is 11.5. The Balaban J connectivity index is 1.43. The number of hydrogen-bond acceptors (Lipinski definition) is 2. The van der Waals surface area contributed by atoms with Gasteiger partial charge >= 0.3 is 12.4 Å². The zero-order valence-corrected chi connectivity index (χ0v) is 19.6. The topological polar surface area (TPSA) is 25.8 Å². The van der Waals surface area contributed by atoms with Gasteiger partial charge in [-0.3, -0.25) is 9.97 Å². The van der Waals surface area contributed by atoms with Gasteiger partial charge in [0.25, 0.3) is 0 Å². The molecule has 2 aromatic heterocycles. The normalized spacial score (nSPS) is 11.9. The molecule has 0 N–H and O–H groups in total. The van der Waals surface area contributed by atoms with Crippen LogP contribution in [0.5, 0.6) is 0 Å². The first-order chi connectivity index (χ1) is 18.1. The minimum atomic E-state index is -4.52. The fourth-order valence-electron chi connectivity index (χ4n) is 4.25. The van der Waals surface area contributed by atoms with E-state index in [1.807, 2.05) is 24.3 Å². The largest absolute Gasteiger partial charge is 0.418 e. The van der Waals surface area contributed by atoms with Crippen LogP contribution in [-0.2, 0) is 12.4 Å². The van der Waals surface area contributed by atoms with Crippen molar-refractivity contribution in [1.82, 2.24) is 9.97 Å². The third-order valence-electron chi connectivity index (χ3n) is 6.07. The van der Waals surface area contributed by atoms with Crippen molar-refractivity contribution in [1.29, 1.82) is 0 Å². The van der Waals surface area contributed by atoms with Crippen molar-refractivity contribution in [2.75, 3.05) is 0 Å². The molecule has 0 saturated carbocycles. The summed E-state index contributed by atoms with van der Waals surface area (Å²) < 4.78 is 80.3. The lowest BCUT2D eigenvalue weighted by atomic mass is 9.96. The molecule has 0 spiro atoms. The molecule has 0 saturated heterocycles. The molecule has 38 heavy (non-hydrogen) atoms. The van der Waals surface area contributed by atoms with E-state index in [1.165, 1.54) is 24.5 Å². The molecule has 0 amide bonds. The first-order valence-corrected chi connectivity index (χ1v) is 11.5. The molecule has 0 aliphatic heterocycles. The van der Waals surface area contributed by atoms with Crippen molar-refractivity contribution in [3.05, 3.63) is 121 Å². The zero-order chi connectivity index (χ0) is 26.9. The lowest BCUT2D eigenvalue weighted by Crippen LogP contribution is -2.08. The summed E-state index contributed by atoms with van der Waals surface area (Å²) >= 11 is 0. The number of hydrogen-bond donors (Lipinski definition) is 0. The maximum Gasteiger partial charge on any atom is 0.418 e. The molecule has 5 aromatic rings. The quantitative estimate of drug-likeness (QED) is 0.221. The van der Waals surface area contributed by atoms with Gasteiger partial charge in [-0.05, 0) is 52.6 Å². The van der Waals surface area contributed by atoms with E-state index < -0.39 is 23.5 Å².